The first-order chi connectivity index (χ1) is 6.50. The van der Waals surface area contributed by atoms with Crippen LogP contribution in [-0.2, 0) is 10.5 Å². The van der Waals surface area contributed by atoms with Gasteiger partial charge >= 0.3 is 0 Å². The van der Waals surface area contributed by atoms with Crippen LogP contribution in [0.2, 0.25) is 0 Å². The van der Waals surface area contributed by atoms with Crippen LogP contribution in [0.25, 0.3) is 0 Å². The number of nitrogens with one attached hydrogen (secondary N) is 1. The van der Waals surface area contributed by atoms with Crippen LogP contribution in [0.3, 0.4) is 0 Å². The molecule has 0 aromatic carbocycles. The van der Waals surface area contributed by atoms with Crippen LogP contribution in [0.1, 0.15) is 24.5 Å². The molecule has 0 bridgehead atoms. The van der Waals surface area contributed by atoms with Gasteiger partial charge in [-0.3, -0.25) is 14.7 Å². The number of H-pyrrole nitrogens is 1. The molecule has 0 unspecified atom stereocenters. The number of carbonyl (C=O) groups is 2. The zero-order chi connectivity index (χ0) is 10.7. The van der Waals surface area contributed by atoms with E-state index in [-0.39, 0.29) is 15.8 Å². The lowest BCUT2D eigenvalue weighted by atomic mass is 10.7. The Hall–Kier alpha value is -0.950. The smallest absolute Gasteiger partial charge is 0.244 e. The van der Waals surface area contributed by atoms with E-state index < -0.39 is 0 Å². The maximum Gasteiger partial charge on any atom is 0.244 e. The summed E-state index contributed by atoms with van der Waals surface area (Å²) in [6.45, 7) is 2.86. The molecule has 14 heavy (non-hydrogen) atoms. The quantitative estimate of drug-likeness (QED) is 0.779. The summed E-state index contributed by atoms with van der Waals surface area (Å²) in [5.74, 6) is 0.714. The zero-order valence-corrected chi connectivity index (χ0v) is 9.37. The van der Waals surface area contributed by atoms with E-state index in [0.717, 1.165) is 11.8 Å². The topological polar surface area (TPSA) is 67.8 Å². The minimum atomic E-state index is -0.221. The summed E-state index contributed by atoms with van der Waals surface area (Å²) in [4.78, 5) is 25.6. The fourth-order valence-electron chi connectivity index (χ4n) is 0.815. The van der Waals surface area contributed by atoms with Crippen molar-refractivity contribution >= 4 is 35.0 Å². The first-order valence-electron chi connectivity index (χ1n) is 3.83. The number of aromatic amines is 1. The van der Waals surface area contributed by atoms with Crippen molar-refractivity contribution in [2.45, 2.75) is 19.6 Å². The normalized spacial score (nSPS) is 10.1. The molecule has 1 heterocycles. The van der Waals surface area contributed by atoms with Crippen LogP contribution in [0.15, 0.2) is 0 Å². The highest BCUT2D eigenvalue weighted by atomic mass is 32.2. The second kappa shape index (κ2) is 4.52. The van der Waals surface area contributed by atoms with Gasteiger partial charge in [0.05, 0.1) is 5.75 Å². The first-order valence-corrected chi connectivity index (χ1v) is 5.22. The van der Waals surface area contributed by atoms with Gasteiger partial charge in [0, 0.05) is 13.8 Å². The number of carbonyl (C=O) groups excluding carboxylic acids is 2. The van der Waals surface area contributed by atoms with Crippen molar-refractivity contribution in [1.29, 1.82) is 0 Å². The molecule has 0 atom stereocenters. The van der Waals surface area contributed by atoms with Crippen molar-refractivity contribution in [3.63, 3.8) is 0 Å². The van der Waals surface area contributed by atoms with E-state index >= 15 is 0 Å². The van der Waals surface area contributed by atoms with E-state index in [0.29, 0.717) is 11.6 Å². The molecule has 1 rings (SSSR count). The summed E-state index contributed by atoms with van der Waals surface area (Å²) >= 11 is 5.95. The molecule has 1 aromatic rings. The molecule has 0 radical (unpaired) electrons. The third-order valence-electron chi connectivity index (χ3n) is 1.39. The van der Waals surface area contributed by atoms with Crippen molar-refractivity contribution in [1.82, 2.24) is 14.8 Å². The lowest BCUT2D eigenvalue weighted by molar-refractivity contribution is -0.109. The number of rotatable bonds is 2. The molecule has 76 valence electrons. The fourth-order valence-corrected chi connectivity index (χ4v) is 1.57. The van der Waals surface area contributed by atoms with E-state index in [1.54, 1.807) is 0 Å². The lowest BCUT2D eigenvalue weighted by Crippen LogP contribution is -2.07. The van der Waals surface area contributed by atoms with Gasteiger partial charge in [0.15, 0.2) is 5.12 Å². The Bertz CT molecular complexity index is 421. The molecular weight excluding hydrogens is 222 g/mol. The first kappa shape index (κ1) is 11.1. The van der Waals surface area contributed by atoms with Gasteiger partial charge in [-0.1, -0.05) is 11.8 Å². The Kier molecular flexibility index (Phi) is 3.59. The summed E-state index contributed by atoms with van der Waals surface area (Å²) in [5, 5.41) is 2.72. The predicted octanol–water partition coefficient (Wildman–Crippen LogP) is 1.38. The largest absolute Gasteiger partial charge is 0.288 e. The molecule has 0 fully saturated rings. The van der Waals surface area contributed by atoms with Gasteiger partial charge in [-0.05, 0) is 12.2 Å². The van der Waals surface area contributed by atoms with E-state index in [1.807, 2.05) is 0 Å². The third kappa shape index (κ3) is 2.78. The minimum Gasteiger partial charge on any atom is -0.288 e. The number of hydrogen-bond acceptors (Lipinski definition) is 5. The highest BCUT2D eigenvalue weighted by Crippen LogP contribution is 2.08. The standard InChI is InChI=1S/C7H9N3O2S2/c1-4(11)10-7(13)8-6(9-10)3-14-5(2)12/h3H2,1-2H3,(H,8,9,13). The van der Waals surface area contributed by atoms with Gasteiger partial charge in [0.25, 0.3) is 0 Å². The molecule has 0 aliphatic heterocycles. The van der Waals surface area contributed by atoms with Crippen molar-refractivity contribution in [3.8, 4) is 0 Å². The Balaban J connectivity index is 2.81. The fraction of sp³-hybridized carbons (Fsp3) is 0.429. The average Bonchev–Trinajstić information content (AvgIpc) is 2.43. The average molecular weight is 231 g/mol. The van der Waals surface area contributed by atoms with Crippen LogP contribution >= 0.6 is 24.0 Å². The Morgan fingerprint density at radius 1 is 1.57 bits per heavy atom. The SMILES string of the molecule is CC(=O)SCc1nc(=S)n(C(C)=O)[nH]1. The van der Waals surface area contributed by atoms with Crippen molar-refractivity contribution in [2.75, 3.05) is 0 Å². The van der Waals surface area contributed by atoms with Gasteiger partial charge in [0.2, 0.25) is 10.7 Å². The Labute approximate surface area is 89.9 Å². The summed E-state index contributed by atoms with van der Waals surface area (Å²) in [5.41, 5.74) is 0. The monoisotopic (exact) mass is 231 g/mol. The molecule has 1 N–H and O–H groups in total. The van der Waals surface area contributed by atoms with Gasteiger partial charge < -0.3 is 0 Å². The van der Waals surface area contributed by atoms with E-state index in [1.165, 1.54) is 18.5 Å². The van der Waals surface area contributed by atoms with Crippen LogP contribution in [0.5, 0.6) is 0 Å². The summed E-state index contributed by atoms with van der Waals surface area (Å²) in [6, 6.07) is 0. The van der Waals surface area contributed by atoms with E-state index in [9.17, 15) is 9.59 Å². The van der Waals surface area contributed by atoms with E-state index in [2.05, 4.69) is 10.1 Å². The summed E-state index contributed by atoms with van der Waals surface area (Å²) < 4.78 is 1.36. The molecular formula is C7H9N3O2S2. The van der Waals surface area contributed by atoms with Crippen LogP contribution in [-0.4, -0.2) is 25.8 Å². The third-order valence-corrected chi connectivity index (χ3v) is 2.49. The molecule has 0 amide bonds. The molecule has 7 heteroatoms. The Morgan fingerprint density at radius 2 is 2.21 bits per heavy atom. The number of nitrogens with zero attached hydrogens (tertiary/aromatic N) is 2. The molecule has 0 aliphatic rings. The maximum absolute atomic E-state index is 11.0. The highest BCUT2D eigenvalue weighted by molar-refractivity contribution is 8.12. The maximum atomic E-state index is 11.0. The molecule has 0 saturated heterocycles. The summed E-state index contributed by atoms with van der Waals surface area (Å²) in [7, 11) is 0. The number of aromatic nitrogens is 3. The Morgan fingerprint density at radius 3 is 2.64 bits per heavy atom. The van der Waals surface area contributed by atoms with Crippen molar-refractivity contribution in [2.24, 2.45) is 0 Å². The van der Waals surface area contributed by atoms with Crippen molar-refractivity contribution in [3.05, 3.63) is 10.6 Å². The summed E-state index contributed by atoms with van der Waals surface area (Å²) in [6.07, 6.45) is 0. The second-order valence-corrected chi connectivity index (χ2v) is 4.10. The molecule has 1 aromatic heterocycles. The second-order valence-electron chi connectivity index (χ2n) is 2.59. The number of hydrogen-bond donors (Lipinski definition) is 1. The van der Waals surface area contributed by atoms with E-state index in [4.69, 9.17) is 12.2 Å². The van der Waals surface area contributed by atoms with Crippen LogP contribution < -0.4 is 0 Å². The highest BCUT2D eigenvalue weighted by Gasteiger charge is 2.06. The predicted molar refractivity (Wildman–Crippen MR) is 55.7 cm³/mol. The molecule has 0 saturated carbocycles. The van der Waals surface area contributed by atoms with Crippen molar-refractivity contribution < 1.29 is 9.59 Å². The molecule has 0 aliphatic carbocycles. The van der Waals surface area contributed by atoms with Crippen LogP contribution in [0.4, 0.5) is 0 Å². The van der Waals surface area contributed by atoms with Gasteiger partial charge in [-0.15, -0.1) is 0 Å². The van der Waals surface area contributed by atoms with Crippen LogP contribution in [0, 0.1) is 4.77 Å². The number of thioether (sulfide) groups is 1. The molecule has 5 nitrogen and oxygen atoms in total. The molecule has 0 spiro atoms. The van der Waals surface area contributed by atoms with Gasteiger partial charge in [0.1, 0.15) is 5.82 Å². The minimum absolute atomic E-state index is 0.00157. The van der Waals surface area contributed by atoms with Gasteiger partial charge in [-0.2, -0.15) is 4.68 Å². The zero-order valence-electron chi connectivity index (χ0n) is 7.73. The lowest BCUT2D eigenvalue weighted by Gasteiger charge is -1.93. The van der Waals surface area contributed by atoms with Gasteiger partial charge in [-0.25, -0.2) is 4.98 Å².